The molecule has 2 atom stereocenters. The number of hydrogen-bond donors (Lipinski definition) is 2. The number of nitrogens with zero attached hydrogens (tertiary/aromatic N) is 2. The van der Waals surface area contributed by atoms with Crippen molar-refractivity contribution < 1.29 is 4.74 Å². The molecule has 106 valence electrons. The Morgan fingerprint density at radius 3 is 2.53 bits per heavy atom. The second-order valence-electron chi connectivity index (χ2n) is 5.66. The first-order valence-corrected chi connectivity index (χ1v) is 7.12. The Kier molecular flexibility index (Phi) is 4.58. The van der Waals surface area contributed by atoms with Gasteiger partial charge in [-0.25, -0.2) is 10.8 Å². The van der Waals surface area contributed by atoms with E-state index in [0.29, 0.717) is 23.5 Å². The minimum Gasteiger partial charge on any atom is -0.474 e. The fourth-order valence-corrected chi connectivity index (χ4v) is 2.91. The van der Waals surface area contributed by atoms with Crippen molar-refractivity contribution in [3.05, 3.63) is 11.9 Å². The zero-order valence-electron chi connectivity index (χ0n) is 12.0. The van der Waals surface area contributed by atoms with Gasteiger partial charge in [0, 0.05) is 12.5 Å². The predicted molar refractivity (Wildman–Crippen MR) is 75.8 cm³/mol. The molecule has 2 rings (SSSR count). The summed E-state index contributed by atoms with van der Waals surface area (Å²) < 4.78 is 6.03. The van der Waals surface area contributed by atoms with Crippen LogP contribution in [0, 0.1) is 11.8 Å². The highest BCUT2D eigenvalue weighted by atomic mass is 16.5. The molecule has 0 aromatic carbocycles. The van der Waals surface area contributed by atoms with E-state index >= 15 is 0 Å². The van der Waals surface area contributed by atoms with Crippen molar-refractivity contribution in [3.63, 3.8) is 0 Å². The van der Waals surface area contributed by atoms with Gasteiger partial charge in [0.15, 0.2) is 0 Å². The van der Waals surface area contributed by atoms with Gasteiger partial charge in [-0.15, -0.1) is 0 Å². The van der Waals surface area contributed by atoms with Crippen LogP contribution in [-0.2, 0) is 6.42 Å². The molecule has 1 aromatic heterocycles. The molecule has 0 bridgehead atoms. The average molecular weight is 264 g/mol. The molecule has 5 nitrogen and oxygen atoms in total. The number of rotatable bonds is 4. The van der Waals surface area contributed by atoms with Crippen molar-refractivity contribution in [2.75, 3.05) is 5.43 Å². The molecule has 1 aliphatic rings. The Labute approximate surface area is 114 Å². The van der Waals surface area contributed by atoms with Crippen molar-refractivity contribution in [2.45, 2.75) is 52.6 Å². The first kappa shape index (κ1) is 14.1. The maximum absolute atomic E-state index is 6.03. The molecule has 0 amide bonds. The Hall–Kier alpha value is -1.36. The fourth-order valence-electron chi connectivity index (χ4n) is 2.91. The number of aromatic nitrogens is 2. The summed E-state index contributed by atoms with van der Waals surface area (Å²) in [4.78, 5) is 8.68. The summed E-state index contributed by atoms with van der Waals surface area (Å²) in [5.74, 6) is 8.85. The summed E-state index contributed by atoms with van der Waals surface area (Å²) in [6, 6.07) is 1.77. The van der Waals surface area contributed by atoms with Crippen LogP contribution in [0.2, 0.25) is 0 Å². The number of nitrogen functional groups attached to an aromatic ring is 1. The van der Waals surface area contributed by atoms with Gasteiger partial charge in [-0.2, -0.15) is 4.98 Å². The lowest BCUT2D eigenvalue weighted by atomic mass is 9.82. The van der Waals surface area contributed by atoms with Crippen LogP contribution >= 0.6 is 0 Å². The van der Waals surface area contributed by atoms with E-state index < -0.39 is 0 Å². The summed E-state index contributed by atoms with van der Waals surface area (Å²) >= 11 is 0. The van der Waals surface area contributed by atoms with Crippen LogP contribution in [0.15, 0.2) is 6.07 Å². The first-order valence-electron chi connectivity index (χ1n) is 7.12. The minimum absolute atomic E-state index is 0.254. The van der Waals surface area contributed by atoms with Gasteiger partial charge in [-0.05, 0) is 31.1 Å². The summed E-state index contributed by atoms with van der Waals surface area (Å²) in [5.41, 5.74) is 2.57. The topological polar surface area (TPSA) is 73.1 Å². The third-order valence-corrected chi connectivity index (χ3v) is 3.64. The predicted octanol–water partition coefficient (Wildman–Crippen LogP) is 2.53. The van der Waals surface area contributed by atoms with Gasteiger partial charge in [-0.3, -0.25) is 0 Å². The number of nitrogens with one attached hydrogen (secondary N) is 1. The number of anilines is 1. The van der Waals surface area contributed by atoms with Gasteiger partial charge >= 0.3 is 0 Å². The molecule has 19 heavy (non-hydrogen) atoms. The van der Waals surface area contributed by atoms with E-state index in [0.717, 1.165) is 25.1 Å². The maximum Gasteiger partial charge on any atom is 0.219 e. The van der Waals surface area contributed by atoms with E-state index in [1.54, 1.807) is 6.07 Å². The summed E-state index contributed by atoms with van der Waals surface area (Å²) in [6.45, 7) is 6.59. The molecule has 0 saturated heterocycles. The van der Waals surface area contributed by atoms with Crippen molar-refractivity contribution in [2.24, 2.45) is 17.7 Å². The number of aryl methyl sites for hydroxylation is 1. The van der Waals surface area contributed by atoms with Crippen molar-refractivity contribution in [1.82, 2.24) is 9.97 Å². The van der Waals surface area contributed by atoms with E-state index in [1.165, 1.54) is 6.42 Å². The van der Waals surface area contributed by atoms with Gasteiger partial charge in [0.1, 0.15) is 17.7 Å². The summed E-state index contributed by atoms with van der Waals surface area (Å²) in [5, 5.41) is 0. The van der Waals surface area contributed by atoms with Crippen molar-refractivity contribution >= 4 is 5.82 Å². The van der Waals surface area contributed by atoms with Crippen LogP contribution in [0.3, 0.4) is 0 Å². The lowest BCUT2D eigenvalue weighted by molar-refractivity contribution is 0.0964. The number of ether oxygens (including phenoxy) is 1. The Balaban J connectivity index is 2.09. The summed E-state index contributed by atoms with van der Waals surface area (Å²) in [6.07, 6.45) is 4.51. The quantitative estimate of drug-likeness (QED) is 0.646. The Bertz CT molecular complexity index is 392. The second kappa shape index (κ2) is 6.19. The van der Waals surface area contributed by atoms with Gasteiger partial charge < -0.3 is 10.2 Å². The molecule has 2 unspecified atom stereocenters. The molecular formula is C14H24N4O. The largest absolute Gasteiger partial charge is 0.474 e. The molecule has 0 aliphatic heterocycles. The highest BCUT2D eigenvalue weighted by Gasteiger charge is 2.25. The standard InChI is InChI=1S/C14H24N4O/c1-4-12-16-13(18-15)8-14(17-12)19-11-6-9(2)5-10(3)7-11/h8-11H,4-7,15H2,1-3H3,(H,16,17,18). The van der Waals surface area contributed by atoms with Crippen LogP contribution < -0.4 is 16.0 Å². The Morgan fingerprint density at radius 1 is 1.26 bits per heavy atom. The minimum atomic E-state index is 0.254. The maximum atomic E-state index is 6.03. The lowest BCUT2D eigenvalue weighted by Crippen LogP contribution is -2.29. The zero-order valence-corrected chi connectivity index (χ0v) is 12.0. The third kappa shape index (κ3) is 3.80. The average Bonchev–Trinajstić information content (AvgIpc) is 2.37. The molecule has 0 spiro atoms. The van der Waals surface area contributed by atoms with Gasteiger partial charge in [-0.1, -0.05) is 20.8 Å². The second-order valence-corrected chi connectivity index (χ2v) is 5.66. The van der Waals surface area contributed by atoms with E-state index in [9.17, 15) is 0 Å². The van der Waals surface area contributed by atoms with Crippen molar-refractivity contribution in [1.29, 1.82) is 0 Å². The van der Waals surface area contributed by atoms with E-state index in [2.05, 4.69) is 29.2 Å². The molecule has 1 aliphatic carbocycles. The van der Waals surface area contributed by atoms with Crippen LogP contribution in [0.4, 0.5) is 5.82 Å². The smallest absolute Gasteiger partial charge is 0.219 e. The van der Waals surface area contributed by atoms with Gasteiger partial charge in [0.25, 0.3) is 0 Å². The fraction of sp³-hybridized carbons (Fsp3) is 0.714. The monoisotopic (exact) mass is 264 g/mol. The molecule has 5 heteroatoms. The van der Waals surface area contributed by atoms with E-state index in [1.807, 2.05) is 6.92 Å². The number of nitrogens with two attached hydrogens (primary N) is 1. The van der Waals surface area contributed by atoms with Crippen LogP contribution in [0.5, 0.6) is 5.88 Å². The highest BCUT2D eigenvalue weighted by Crippen LogP contribution is 2.31. The normalized spacial score (nSPS) is 27.1. The molecule has 1 saturated carbocycles. The van der Waals surface area contributed by atoms with E-state index in [-0.39, 0.29) is 6.10 Å². The molecule has 0 radical (unpaired) electrons. The van der Waals surface area contributed by atoms with Gasteiger partial charge in [0.2, 0.25) is 5.88 Å². The number of hydrogen-bond acceptors (Lipinski definition) is 5. The molecular weight excluding hydrogens is 240 g/mol. The van der Waals surface area contributed by atoms with Crippen LogP contribution in [0.1, 0.15) is 45.9 Å². The van der Waals surface area contributed by atoms with Crippen LogP contribution in [-0.4, -0.2) is 16.1 Å². The summed E-state index contributed by atoms with van der Waals surface area (Å²) in [7, 11) is 0. The zero-order chi connectivity index (χ0) is 13.8. The SMILES string of the molecule is CCc1nc(NN)cc(OC2CC(C)CC(C)C2)n1. The lowest BCUT2D eigenvalue weighted by Gasteiger charge is -2.31. The Morgan fingerprint density at radius 2 is 1.95 bits per heavy atom. The van der Waals surface area contributed by atoms with E-state index in [4.69, 9.17) is 10.6 Å². The van der Waals surface area contributed by atoms with Crippen molar-refractivity contribution in [3.8, 4) is 5.88 Å². The van der Waals surface area contributed by atoms with Crippen LogP contribution in [0.25, 0.3) is 0 Å². The third-order valence-electron chi connectivity index (χ3n) is 3.64. The molecule has 1 aromatic rings. The molecule has 1 heterocycles. The van der Waals surface area contributed by atoms with Gasteiger partial charge in [0.05, 0.1) is 0 Å². The number of hydrazine groups is 1. The molecule has 1 fully saturated rings. The highest BCUT2D eigenvalue weighted by molar-refractivity contribution is 5.37. The molecule has 3 N–H and O–H groups in total. The first-order chi connectivity index (χ1) is 9.10.